The summed E-state index contributed by atoms with van der Waals surface area (Å²) in [5.41, 5.74) is 4.87. The average Bonchev–Trinajstić information content (AvgIpc) is 3.05. The number of benzene rings is 2. The molecule has 0 amide bonds. The monoisotopic (exact) mass is 350 g/mol. The molecule has 0 radical (unpaired) electrons. The number of H-pyrrole nitrogens is 1. The second kappa shape index (κ2) is 8.43. The van der Waals surface area contributed by atoms with Crippen LogP contribution in [0.3, 0.4) is 0 Å². The quantitative estimate of drug-likeness (QED) is 0.406. The van der Waals surface area contributed by atoms with Gasteiger partial charge in [0.1, 0.15) is 5.75 Å². The van der Waals surface area contributed by atoms with Gasteiger partial charge < -0.3 is 20.7 Å². The Morgan fingerprint density at radius 3 is 2.69 bits per heavy atom. The van der Waals surface area contributed by atoms with Gasteiger partial charge in [-0.25, -0.2) is 4.99 Å². The second-order valence-electron chi connectivity index (χ2n) is 6.35. The Morgan fingerprint density at radius 1 is 1.12 bits per heavy atom. The van der Waals surface area contributed by atoms with Gasteiger partial charge >= 0.3 is 0 Å². The van der Waals surface area contributed by atoms with Crippen molar-refractivity contribution in [1.29, 1.82) is 0 Å². The van der Waals surface area contributed by atoms with Crippen molar-refractivity contribution < 1.29 is 5.11 Å². The van der Waals surface area contributed by atoms with Crippen molar-refractivity contribution in [2.75, 3.05) is 13.1 Å². The van der Waals surface area contributed by atoms with Crippen molar-refractivity contribution in [3.05, 3.63) is 65.4 Å². The summed E-state index contributed by atoms with van der Waals surface area (Å²) >= 11 is 0. The molecule has 0 aliphatic rings. The van der Waals surface area contributed by atoms with Crippen molar-refractivity contribution in [2.45, 2.75) is 26.8 Å². The Balaban J connectivity index is 1.61. The van der Waals surface area contributed by atoms with Crippen LogP contribution in [0.2, 0.25) is 0 Å². The topological polar surface area (TPSA) is 72.4 Å². The molecule has 3 aromatic rings. The van der Waals surface area contributed by atoms with Crippen LogP contribution < -0.4 is 10.6 Å². The zero-order valence-electron chi connectivity index (χ0n) is 15.3. The molecule has 5 heteroatoms. The van der Waals surface area contributed by atoms with Gasteiger partial charge in [-0.15, -0.1) is 0 Å². The van der Waals surface area contributed by atoms with Crippen LogP contribution in [0.25, 0.3) is 10.9 Å². The number of aromatic hydroxyl groups is 1. The van der Waals surface area contributed by atoms with Gasteiger partial charge in [-0.05, 0) is 55.2 Å². The zero-order valence-corrected chi connectivity index (χ0v) is 15.3. The van der Waals surface area contributed by atoms with E-state index in [1.54, 1.807) is 12.1 Å². The van der Waals surface area contributed by atoms with Crippen molar-refractivity contribution in [2.24, 2.45) is 4.99 Å². The summed E-state index contributed by atoms with van der Waals surface area (Å²) in [6.07, 6.45) is 3.02. The molecule has 136 valence electrons. The smallest absolute Gasteiger partial charge is 0.191 e. The van der Waals surface area contributed by atoms with Crippen LogP contribution in [-0.4, -0.2) is 29.1 Å². The third-order valence-electron chi connectivity index (χ3n) is 4.38. The molecule has 0 bridgehead atoms. The van der Waals surface area contributed by atoms with Gasteiger partial charge in [-0.2, -0.15) is 0 Å². The fraction of sp³-hybridized carbons (Fsp3) is 0.286. The highest BCUT2D eigenvalue weighted by molar-refractivity contribution is 5.86. The number of aromatic amines is 1. The number of aliphatic imine (C=N–C) groups is 1. The lowest BCUT2D eigenvalue weighted by Gasteiger charge is -2.11. The predicted octanol–water partition coefficient (Wildman–Crippen LogP) is 3.48. The van der Waals surface area contributed by atoms with Gasteiger partial charge in [0.2, 0.25) is 0 Å². The summed E-state index contributed by atoms with van der Waals surface area (Å²) in [6.45, 7) is 6.40. The molecule has 0 saturated heterocycles. The lowest BCUT2D eigenvalue weighted by atomic mass is 10.1. The number of aryl methyl sites for hydroxylation is 1. The highest BCUT2D eigenvalue weighted by Gasteiger charge is 2.06. The summed E-state index contributed by atoms with van der Waals surface area (Å²) in [5, 5.41) is 17.4. The Kier molecular flexibility index (Phi) is 5.79. The van der Waals surface area contributed by atoms with E-state index in [0.717, 1.165) is 31.0 Å². The van der Waals surface area contributed by atoms with E-state index in [9.17, 15) is 5.11 Å². The molecule has 0 aliphatic heterocycles. The molecule has 0 spiro atoms. The predicted molar refractivity (Wildman–Crippen MR) is 108 cm³/mol. The summed E-state index contributed by atoms with van der Waals surface area (Å²) in [7, 11) is 0. The number of hydrogen-bond donors (Lipinski definition) is 4. The summed E-state index contributed by atoms with van der Waals surface area (Å²) in [4.78, 5) is 7.97. The van der Waals surface area contributed by atoms with Crippen molar-refractivity contribution in [3.8, 4) is 5.75 Å². The van der Waals surface area contributed by atoms with Crippen LogP contribution in [-0.2, 0) is 13.0 Å². The Bertz CT molecular complexity index is 881. The lowest BCUT2D eigenvalue weighted by Crippen LogP contribution is -2.38. The number of hydrogen-bond acceptors (Lipinski definition) is 2. The molecule has 1 heterocycles. The third kappa shape index (κ3) is 4.36. The van der Waals surface area contributed by atoms with Crippen LogP contribution in [0.4, 0.5) is 0 Å². The number of nitrogens with one attached hydrogen (secondary N) is 3. The van der Waals surface area contributed by atoms with Gasteiger partial charge in [-0.3, -0.25) is 0 Å². The van der Waals surface area contributed by atoms with Crippen LogP contribution in [0, 0.1) is 6.92 Å². The molecule has 1 aromatic heterocycles. The van der Waals surface area contributed by atoms with E-state index >= 15 is 0 Å². The number of aromatic nitrogens is 1. The van der Waals surface area contributed by atoms with Gasteiger partial charge in [0.25, 0.3) is 0 Å². The molecule has 5 nitrogen and oxygen atoms in total. The van der Waals surface area contributed by atoms with E-state index in [1.807, 2.05) is 12.1 Å². The maximum Gasteiger partial charge on any atom is 0.191 e. The summed E-state index contributed by atoms with van der Waals surface area (Å²) in [6, 6.07) is 13.5. The Hall–Kier alpha value is -2.95. The molecular weight excluding hydrogens is 324 g/mol. The largest absolute Gasteiger partial charge is 0.508 e. The van der Waals surface area contributed by atoms with Gasteiger partial charge in [0.05, 0.1) is 6.54 Å². The fourth-order valence-electron chi connectivity index (χ4n) is 3.08. The van der Waals surface area contributed by atoms with E-state index < -0.39 is 0 Å². The molecule has 3 rings (SSSR count). The maximum absolute atomic E-state index is 9.36. The number of fused-ring (bicyclic) bond motifs is 1. The molecule has 0 unspecified atom stereocenters. The minimum absolute atomic E-state index is 0.275. The molecule has 2 aromatic carbocycles. The normalized spacial score (nSPS) is 11.7. The van der Waals surface area contributed by atoms with Crippen LogP contribution in [0.15, 0.2) is 53.7 Å². The number of phenols is 1. The number of nitrogens with zero attached hydrogens (tertiary/aromatic N) is 1. The highest BCUT2D eigenvalue weighted by atomic mass is 16.3. The molecule has 26 heavy (non-hydrogen) atoms. The van der Waals surface area contributed by atoms with Crippen LogP contribution >= 0.6 is 0 Å². The maximum atomic E-state index is 9.36. The first kappa shape index (κ1) is 17.9. The molecule has 0 aliphatic carbocycles. The number of rotatable bonds is 6. The molecule has 0 fully saturated rings. The third-order valence-corrected chi connectivity index (χ3v) is 4.38. The van der Waals surface area contributed by atoms with Crippen molar-refractivity contribution in [1.82, 2.24) is 15.6 Å². The van der Waals surface area contributed by atoms with Gasteiger partial charge in [0, 0.05) is 30.2 Å². The number of phenolic OH excluding ortho intramolecular Hbond substituents is 1. The van der Waals surface area contributed by atoms with E-state index in [0.29, 0.717) is 6.54 Å². The SMILES string of the molecule is CCNC(=NCc1ccc(O)cc1)NCCc1c[nH]c2cccc(C)c12. The molecule has 0 saturated carbocycles. The molecule has 4 N–H and O–H groups in total. The van der Waals surface area contributed by atoms with Gasteiger partial charge in [0.15, 0.2) is 5.96 Å². The number of guanidine groups is 1. The molecular formula is C21H26N4O. The Labute approximate surface area is 154 Å². The lowest BCUT2D eigenvalue weighted by molar-refractivity contribution is 0.475. The average molecular weight is 350 g/mol. The summed E-state index contributed by atoms with van der Waals surface area (Å²) < 4.78 is 0. The van der Waals surface area contributed by atoms with Crippen LogP contribution in [0.5, 0.6) is 5.75 Å². The van der Waals surface area contributed by atoms with E-state index in [2.05, 4.69) is 58.9 Å². The fourth-order valence-corrected chi connectivity index (χ4v) is 3.08. The first-order valence-electron chi connectivity index (χ1n) is 9.03. The van der Waals surface area contributed by atoms with Crippen molar-refractivity contribution in [3.63, 3.8) is 0 Å². The van der Waals surface area contributed by atoms with E-state index in [4.69, 9.17) is 0 Å². The first-order valence-corrected chi connectivity index (χ1v) is 9.03. The van der Waals surface area contributed by atoms with Crippen LogP contribution in [0.1, 0.15) is 23.6 Å². The van der Waals surface area contributed by atoms with E-state index in [-0.39, 0.29) is 5.75 Å². The minimum atomic E-state index is 0.275. The standard InChI is InChI=1S/C21H26N4O/c1-3-22-21(25-13-16-7-9-18(26)10-8-16)23-12-11-17-14-24-19-6-4-5-15(2)20(17)19/h4-10,14,24,26H,3,11-13H2,1-2H3,(H2,22,23,25). The first-order chi connectivity index (χ1) is 12.7. The van der Waals surface area contributed by atoms with E-state index in [1.165, 1.54) is 22.0 Å². The Morgan fingerprint density at radius 2 is 1.92 bits per heavy atom. The van der Waals surface area contributed by atoms with Crippen molar-refractivity contribution >= 4 is 16.9 Å². The highest BCUT2D eigenvalue weighted by Crippen LogP contribution is 2.22. The minimum Gasteiger partial charge on any atom is -0.508 e. The van der Waals surface area contributed by atoms with Gasteiger partial charge in [-0.1, -0.05) is 24.3 Å². The summed E-state index contributed by atoms with van der Waals surface area (Å²) in [5.74, 6) is 1.08. The molecule has 0 atom stereocenters. The zero-order chi connectivity index (χ0) is 18.4. The second-order valence-corrected chi connectivity index (χ2v) is 6.35.